The fourth-order valence-corrected chi connectivity index (χ4v) is 3.23. The predicted molar refractivity (Wildman–Crippen MR) is 77.0 cm³/mol. The van der Waals surface area contributed by atoms with Gasteiger partial charge in [0.1, 0.15) is 4.90 Å². The van der Waals surface area contributed by atoms with E-state index >= 15 is 0 Å². The number of benzene rings is 1. The first-order valence-electron chi connectivity index (χ1n) is 6.46. The van der Waals surface area contributed by atoms with Crippen LogP contribution in [0, 0.1) is 0 Å². The first-order valence-corrected chi connectivity index (χ1v) is 7.90. The van der Waals surface area contributed by atoms with Crippen molar-refractivity contribution in [2.45, 2.75) is 57.4 Å². The summed E-state index contributed by atoms with van der Waals surface area (Å²) in [6.07, 6.45) is 0. The molecule has 19 heavy (non-hydrogen) atoms. The van der Waals surface area contributed by atoms with Crippen molar-refractivity contribution in [1.29, 1.82) is 0 Å². The lowest BCUT2D eigenvalue weighted by Gasteiger charge is -2.20. The molecule has 0 aliphatic carbocycles. The van der Waals surface area contributed by atoms with E-state index in [1.165, 1.54) is 0 Å². The van der Waals surface area contributed by atoms with Gasteiger partial charge in [0.15, 0.2) is 0 Å². The average Bonchev–Trinajstić information content (AvgIpc) is 2.25. The molecule has 0 aliphatic rings. The Kier molecular flexibility index (Phi) is 4.76. The maximum absolute atomic E-state index is 11.7. The van der Waals surface area contributed by atoms with Gasteiger partial charge in [-0.05, 0) is 35.4 Å². The summed E-state index contributed by atoms with van der Waals surface area (Å²) in [5.41, 5.74) is 8.01. The highest BCUT2D eigenvalue weighted by atomic mass is 32.2. The second kappa shape index (κ2) is 5.61. The maximum atomic E-state index is 11.7. The molecule has 0 spiro atoms. The zero-order valence-electron chi connectivity index (χ0n) is 12.1. The summed E-state index contributed by atoms with van der Waals surface area (Å²) in [7, 11) is -4.28. The fourth-order valence-electron chi connectivity index (χ4n) is 2.10. The lowest BCUT2D eigenvalue weighted by molar-refractivity contribution is 0.479. The molecule has 1 unspecified atom stereocenters. The van der Waals surface area contributed by atoms with Crippen molar-refractivity contribution in [1.82, 2.24) is 0 Å². The fraction of sp³-hybridized carbons (Fsp3) is 0.571. The highest BCUT2D eigenvalue weighted by Gasteiger charge is 2.25. The third kappa shape index (κ3) is 3.55. The molecule has 5 heteroatoms. The molecule has 4 nitrogen and oxygen atoms in total. The van der Waals surface area contributed by atoms with Gasteiger partial charge in [-0.15, -0.1) is 0 Å². The topological polar surface area (TPSA) is 80.4 Å². The Morgan fingerprint density at radius 2 is 1.47 bits per heavy atom. The van der Waals surface area contributed by atoms with E-state index in [-0.39, 0.29) is 16.7 Å². The summed E-state index contributed by atoms with van der Waals surface area (Å²) in [5, 5.41) is 0. The normalized spacial score (nSPS) is 14.2. The number of hydrogen-bond acceptors (Lipinski definition) is 3. The van der Waals surface area contributed by atoms with Gasteiger partial charge in [0.2, 0.25) is 0 Å². The Balaban J connectivity index is 3.77. The summed E-state index contributed by atoms with van der Waals surface area (Å²) in [5.74, 6) is 0.263. The smallest absolute Gasteiger partial charge is 0.295 e. The van der Waals surface area contributed by atoms with Crippen molar-refractivity contribution in [3.05, 3.63) is 28.8 Å². The highest BCUT2D eigenvalue weighted by molar-refractivity contribution is 7.86. The molecule has 108 valence electrons. The van der Waals surface area contributed by atoms with Crippen molar-refractivity contribution in [2.75, 3.05) is 0 Å². The van der Waals surface area contributed by atoms with Crippen LogP contribution in [0.2, 0.25) is 0 Å². The standard InChI is InChI=1S/C14H23NO3S/c1-8(2)11-6-12(9(3)4)14(19(16,17)18)13(7-11)10(5)15/h6-10H,15H2,1-5H3,(H,16,17,18). The summed E-state index contributed by atoms with van der Waals surface area (Å²) in [6, 6.07) is 3.18. The SMILES string of the molecule is CC(C)c1cc(C(C)C)c(S(=O)(=O)O)c(C(C)N)c1. The van der Waals surface area contributed by atoms with Crippen molar-refractivity contribution in [2.24, 2.45) is 5.73 Å². The van der Waals surface area contributed by atoms with E-state index in [9.17, 15) is 13.0 Å². The van der Waals surface area contributed by atoms with Gasteiger partial charge in [0, 0.05) is 6.04 Å². The molecule has 0 aliphatic heterocycles. The first-order chi connectivity index (χ1) is 8.55. The molecule has 1 aromatic carbocycles. The van der Waals surface area contributed by atoms with Crippen molar-refractivity contribution < 1.29 is 13.0 Å². The van der Waals surface area contributed by atoms with Crippen molar-refractivity contribution >= 4 is 10.1 Å². The van der Waals surface area contributed by atoms with E-state index in [4.69, 9.17) is 5.73 Å². The minimum atomic E-state index is -4.28. The molecular weight excluding hydrogens is 262 g/mol. The molecule has 3 N–H and O–H groups in total. The van der Waals surface area contributed by atoms with Crippen LogP contribution in [-0.2, 0) is 10.1 Å². The summed E-state index contributed by atoms with van der Waals surface area (Å²) < 4.78 is 32.8. The molecule has 0 fully saturated rings. The van der Waals surface area contributed by atoms with Crippen LogP contribution in [0.15, 0.2) is 17.0 Å². The minimum Gasteiger partial charge on any atom is -0.324 e. The summed E-state index contributed by atoms with van der Waals surface area (Å²) in [4.78, 5) is -0.0260. The van der Waals surface area contributed by atoms with Gasteiger partial charge in [0.25, 0.3) is 10.1 Å². The maximum Gasteiger partial charge on any atom is 0.295 e. The average molecular weight is 285 g/mol. The van der Waals surface area contributed by atoms with Crippen LogP contribution in [0.4, 0.5) is 0 Å². The number of nitrogens with two attached hydrogens (primary N) is 1. The number of hydrogen-bond donors (Lipinski definition) is 2. The second-order valence-corrected chi connectivity index (χ2v) is 6.96. The molecule has 0 saturated heterocycles. The largest absolute Gasteiger partial charge is 0.324 e. The molecule has 0 bridgehead atoms. The lowest BCUT2D eigenvalue weighted by Crippen LogP contribution is -2.16. The van der Waals surface area contributed by atoms with Crippen LogP contribution >= 0.6 is 0 Å². The monoisotopic (exact) mass is 285 g/mol. The highest BCUT2D eigenvalue weighted by Crippen LogP contribution is 2.33. The van der Waals surface area contributed by atoms with Crippen LogP contribution in [0.25, 0.3) is 0 Å². The van der Waals surface area contributed by atoms with E-state index in [1.54, 1.807) is 13.0 Å². The van der Waals surface area contributed by atoms with E-state index in [1.807, 2.05) is 33.8 Å². The van der Waals surface area contributed by atoms with Gasteiger partial charge < -0.3 is 5.73 Å². The van der Waals surface area contributed by atoms with E-state index < -0.39 is 16.2 Å². The van der Waals surface area contributed by atoms with Crippen LogP contribution in [-0.4, -0.2) is 13.0 Å². The van der Waals surface area contributed by atoms with Gasteiger partial charge in [-0.3, -0.25) is 4.55 Å². The Hall–Kier alpha value is -0.910. The molecule has 0 aromatic heterocycles. The van der Waals surface area contributed by atoms with Gasteiger partial charge in [-0.25, -0.2) is 0 Å². The molecule has 0 saturated carbocycles. The van der Waals surface area contributed by atoms with Crippen LogP contribution in [0.1, 0.15) is 69.2 Å². The molecule has 1 atom stereocenters. The molecule has 0 heterocycles. The zero-order valence-corrected chi connectivity index (χ0v) is 13.0. The molecule has 1 rings (SSSR count). The summed E-state index contributed by atoms with van der Waals surface area (Å²) in [6.45, 7) is 9.60. The predicted octanol–water partition coefficient (Wildman–Crippen LogP) is 3.20. The third-order valence-corrected chi connectivity index (χ3v) is 4.19. The zero-order chi connectivity index (χ0) is 15.0. The summed E-state index contributed by atoms with van der Waals surface area (Å²) >= 11 is 0. The Bertz CT molecular complexity index is 531. The van der Waals surface area contributed by atoms with Crippen molar-refractivity contribution in [3.8, 4) is 0 Å². The van der Waals surface area contributed by atoms with Gasteiger partial charge >= 0.3 is 0 Å². The molecule has 0 radical (unpaired) electrons. The molecule has 0 amide bonds. The number of rotatable bonds is 4. The van der Waals surface area contributed by atoms with Gasteiger partial charge in [-0.1, -0.05) is 39.8 Å². The van der Waals surface area contributed by atoms with Crippen molar-refractivity contribution in [3.63, 3.8) is 0 Å². The quantitative estimate of drug-likeness (QED) is 0.832. The van der Waals surface area contributed by atoms with Crippen LogP contribution < -0.4 is 5.73 Å². The van der Waals surface area contributed by atoms with E-state index in [0.29, 0.717) is 11.1 Å². The Labute approximate surface area is 115 Å². The van der Waals surface area contributed by atoms with Crippen LogP contribution in [0.3, 0.4) is 0 Å². The molecular formula is C14H23NO3S. The van der Waals surface area contributed by atoms with Crippen LogP contribution in [0.5, 0.6) is 0 Å². The van der Waals surface area contributed by atoms with Gasteiger partial charge in [0.05, 0.1) is 0 Å². The minimum absolute atomic E-state index is 0.00637. The Morgan fingerprint density at radius 1 is 1.00 bits per heavy atom. The van der Waals surface area contributed by atoms with E-state index in [2.05, 4.69) is 0 Å². The third-order valence-electron chi connectivity index (χ3n) is 3.21. The Morgan fingerprint density at radius 3 is 1.79 bits per heavy atom. The van der Waals surface area contributed by atoms with Gasteiger partial charge in [-0.2, -0.15) is 8.42 Å². The van der Waals surface area contributed by atoms with E-state index in [0.717, 1.165) is 5.56 Å². The molecule has 1 aromatic rings. The first kappa shape index (κ1) is 16.1. The lowest BCUT2D eigenvalue weighted by atomic mass is 9.91. The second-order valence-electron chi connectivity index (χ2n) is 5.60.